The minimum absolute atomic E-state index is 0.0676. The van der Waals surface area contributed by atoms with Gasteiger partial charge in [-0.1, -0.05) is 37.1 Å². The average molecular weight is 529 g/mol. The maximum Gasteiger partial charge on any atom is 0.253 e. The highest BCUT2D eigenvalue weighted by Gasteiger charge is 2.27. The summed E-state index contributed by atoms with van der Waals surface area (Å²) in [4.78, 5) is 31.0. The van der Waals surface area contributed by atoms with Gasteiger partial charge in [0, 0.05) is 42.3 Å². The molecule has 0 bridgehead atoms. The Morgan fingerprint density at radius 1 is 1.13 bits per heavy atom. The van der Waals surface area contributed by atoms with Crippen molar-refractivity contribution in [3.05, 3.63) is 91.7 Å². The normalized spacial score (nSPS) is 15.2. The van der Waals surface area contributed by atoms with Crippen LogP contribution in [-0.2, 0) is 17.9 Å². The monoisotopic (exact) mass is 528 g/mol. The summed E-state index contributed by atoms with van der Waals surface area (Å²) < 4.78 is 2.42. The molecule has 0 spiro atoms. The van der Waals surface area contributed by atoms with Gasteiger partial charge in [0.1, 0.15) is 0 Å². The SMILES string of the molecule is C/C(=C\c1c(C(C)C(=O)NCc2c(C)cc(C)[nH]c2=O)c(C)cn1C1CCCC1)c1ccc(CN(C)C)cc1. The summed E-state index contributed by atoms with van der Waals surface area (Å²) in [7, 11) is 4.16. The van der Waals surface area contributed by atoms with E-state index in [1.54, 1.807) is 0 Å². The topological polar surface area (TPSA) is 70.1 Å². The number of aromatic amines is 1. The molecule has 1 amide bonds. The third-order valence-electron chi connectivity index (χ3n) is 8.05. The minimum Gasteiger partial charge on any atom is -0.351 e. The molecule has 1 aliphatic rings. The van der Waals surface area contributed by atoms with Gasteiger partial charge in [-0.25, -0.2) is 0 Å². The third-order valence-corrected chi connectivity index (χ3v) is 8.05. The van der Waals surface area contributed by atoms with E-state index in [1.165, 1.54) is 42.4 Å². The lowest BCUT2D eigenvalue weighted by atomic mass is 9.94. The van der Waals surface area contributed by atoms with Gasteiger partial charge in [-0.3, -0.25) is 9.59 Å². The molecule has 1 fully saturated rings. The molecular formula is C33H44N4O2. The van der Waals surface area contributed by atoms with Crippen LogP contribution in [0.15, 0.2) is 41.3 Å². The van der Waals surface area contributed by atoms with Crippen molar-refractivity contribution in [3.63, 3.8) is 0 Å². The second kappa shape index (κ2) is 12.2. The molecule has 1 saturated carbocycles. The Labute approximate surface area is 233 Å². The van der Waals surface area contributed by atoms with E-state index in [9.17, 15) is 9.59 Å². The lowest BCUT2D eigenvalue weighted by molar-refractivity contribution is -0.122. The molecule has 0 radical (unpaired) electrons. The Morgan fingerprint density at radius 2 is 1.79 bits per heavy atom. The zero-order valence-corrected chi connectivity index (χ0v) is 24.6. The summed E-state index contributed by atoms with van der Waals surface area (Å²) in [6.07, 6.45) is 9.33. The molecule has 6 heteroatoms. The predicted octanol–water partition coefficient (Wildman–Crippen LogP) is 6.26. The van der Waals surface area contributed by atoms with Crippen LogP contribution in [0.2, 0.25) is 0 Å². The van der Waals surface area contributed by atoms with Crippen LogP contribution in [0.3, 0.4) is 0 Å². The largest absolute Gasteiger partial charge is 0.351 e. The van der Waals surface area contributed by atoms with Crippen molar-refractivity contribution in [2.75, 3.05) is 14.1 Å². The standard InChI is InChI=1S/C33H44N4O2/c1-21(27-14-12-26(13-15-27)20-36(6)7)17-30-31(23(3)19-37(30)28-10-8-9-11-28)25(5)32(38)34-18-29-22(2)16-24(4)35-33(29)39/h12-17,19,25,28H,8-11,18,20H2,1-7H3,(H,34,38)(H,35,39)/b21-17+. The van der Waals surface area contributed by atoms with E-state index < -0.39 is 0 Å². The van der Waals surface area contributed by atoms with E-state index in [1.807, 2.05) is 26.8 Å². The van der Waals surface area contributed by atoms with Gasteiger partial charge in [-0.15, -0.1) is 0 Å². The number of nitrogens with zero attached hydrogens (tertiary/aromatic N) is 2. The number of carbonyl (C=O) groups excluding carboxylic acids is 1. The van der Waals surface area contributed by atoms with Crippen molar-refractivity contribution in [1.29, 1.82) is 0 Å². The van der Waals surface area contributed by atoms with Crippen molar-refractivity contribution in [3.8, 4) is 0 Å². The lowest BCUT2D eigenvalue weighted by Crippen LogP contribution is -2.31. The number of hydrogen-bond donors (Lipinski definition) is 2. The lowest BCUT2D eigenvalue weighted by Gasteiger charge is -2.19. The number of pyridine rings is 1. The number of rotatable bonds is 9. The highest BCUT2D eigenvalue weighted by atomic mass is 16.2. The van der Waals surface area contributed by atoms with Crippen LogP contribution in [0.4, 0.5) is 0 Å². The molecule has 3 aromatic rings. The van der Waals surface area contributed by atoms with Crippen LogP contribution in [0, 0.1) is 20.8 Å². The fourth-order valence-electron chi connectivity index (χ4n) is 5.98. The molecule has 4 rings (SSSR count). The van der Waals surface area contributed by atoms with Crippen LogP contribution in [0.5, 0.6) is 0 Å². The Hall–Kier alpha value is -3.38. The molecule has 1 atom stereocenters. The van der Waals surface area contributed by atoms with Gasteiger partial charge in [-0.05, 0) is 107 Å². The zero-order valence-electron chi connectivity index (χ0n) is 24.6. The fraction of sp³-hybridized carbons (Fsp3) is 0.455. The van der Waals surface area contributed by atoms with E-state index in [2.05, 4.69) is 84.2 Å². The molecule has 0 saturated heterocycles. The van der Waals surface area contributed by atoms with E-state index in [-0.39, 0.29) is 23.9 Å². The number of benzene rings is 1. The van der Waals surface area contributed by atoms with Gasteiger partial charge in [0.05, 0.1) is 5.92 Å². The predicted molar refractivity (Wildman–Crippen MR) is 161 cm³/mol. The van der Waals surface area contributed by atoms with Crippen LogP contribution >= 0.6 is 0 Å². The van der Waals surface area contributed by atoms with Gasteiger partial charge in [0.2, 0.25) is 5.91 Å². The quantitative estimate of drug-likeness (QED) is 0.344. The summed E-state index contributed by atoms with van der Waals surface area (Å²) in [6.45, 7) is 11.2. The summed E-state index contributed by atoms with van der Waals surface area (Å²) >= 11 is 0. The maximum atomic E-state index is 13.5. The summed E-state index contributed by atoms with van der Waals surface area (Å²) in [5.41, 5.74) is 9.16. The third kappa shape index (κ3) is 6.62. The molecule has 1 aromatic carbocycles. The summed E-state index contributed by atoms with van der Waals surface area (Å²) in [5.74, 6) is -0.416. The van der Waals surface area contributed by atoms with Crippen molar-refractivity contribution in [2.24, 2.45) is 0 Å². The first kappa shape index (κ1) is 28.6. The Morgan fingerprint density at radius 3 is 2.41 bits per heavy atom. The van der Waals surface area contributed by atoms with Gasteiger partial charge in [0.15, 0.2) is 0 Å². The molecule has 0 aliphatic heterocycles. The van der Waals surface area contributed by atoms with E-state index in [0.29, 0.717) is 11.6 Å². The van der Waals surface area contributed by atoms with Gasteiger partial charge in [0.25, 0.3) is 5.56 Å². The first-order chi connectivity index (χ1) is 18.5. The molecule has 1 unspecified atom stereocenters. The second-order valence-electron chi connectivity index (χ2n) is 11.6. The fourth-order valence-corrected chi connectivity index (χ4v) is 5.98. The van der Waals surface area contributed by atoms with Crippen LogP contribution in [-0.4, -0.2) is 34.5 Å². The first-order valence-corrected chi connectivity index (χ1v) is 14.2. The maximum absolute atomic E-state index is 13.5. The van der Waals surface area contributed by atoms with Crippen LogP contribution in [0.25, 0.3) is 11.6 Å². The van der Waals surface area contributed by atoms with Crippen molar-refractivity contribution in [2.45, 2.75) is 85.4 Å². The smallest absolute Gasteiger partial charge is 0.253 e. The number of allylic oxidation sites excluding steroid dienone is 1. The molecule has 208 valence electrons. The van der Waals surface area contributed by atoms with E-state index in [0.717, 1.165) is 34.6 Å². The zero-order chi connectivity index (χ0) is 28.3. The van der Waals surface area contributed by atoms with Gasteiger partial charge < -0.3 is 19.8 Å². The number of carbonyl (C=O) groups is 1. The molecule has 2 aromatic heterocycles. The number of H-pyrrole nitrogens is 1. The Balaban J connectivity index is 1.65. The van der Waals surface area contributed by atoms with Crippen molar-refractivity contribution < 1.29 is 4.79 Å². The highest BCUT2D eigenvalue weighted by molar-refractivity contribution is 5.87. The molecule has 39 heavy (non-hydrogen) atoms. The minimum atomic E-state index is -0.348. The molecule has 2 N–H and O–H groups in total. The Bertz CT molecular complexity index is 1400. The summed E-state index contributed by atoms with van der Waals surface area (Å²) in [6, 6.07) is 11.2. The number of aromatic nitrogens is 2. The molecule has 6 nitrogen and oxygen atoms in total. The highest BCUT2D eigenvalue weighted by Crippen LogP contribution is 2.37. The number of hydrogen-bond acceptors (Lipinski definition) is 3. The number of aryl methyl sites for hydroxylation is 3. The van der Waals surface area contributed by atoms with Gasteiger partial charge in [-0.2, -0.15) is 0 Å². The number of amides is 1. The number of nitrogens with one attached hydrogen (secondary N) is 2. The Kier molecular flexibility index (Phi) is 8.96. The summed E-state index contributed by atoms with van der Waals surface area (Å²) in [5, 5.41) is 3.05. The molecule has 1 aliphatic carbocycles. The average Bonchev–Trinajstić information content (AvgIpc) is 3.51. The van der Waals surface area contributed by atoms with Crippen LogP contribution < -0.4 is 10.9 Å². The van der Waals surface area contributed by atoms with E-state index >= 15 is 0 Å². The van der Waals surface area contributed by atoms with Crippen molar-refractivity contribution in [1.82, 2.24) is 19.8 Å². The van der Waals surface area contributed by atoms with Crippen LogP contribution in [0.1, 0.15) is 96.3 Å². The molecule has 2 heterocycles. The van der Waals surface area contributed by atoms with Crippen molar-refractivity contribution >= 4 is 17.6 Å². The van der Waals surface area contributed by atoms with Gasteiger partial charge >= 0.3 is 0 Å². The van der Waals surface area contributed by atoms with E-state index in [4.69, 9.17) is 0 Å². The first-order valence-electron chi connectivity index (χ1n) is 14.2. The second-order valence-corrected chi connectivity index (χ2v) is 11.6. The molecular weight excluding hydrogens is 484 g/mol.